The third-order valence-electron chi connectivity index (χ3n) is 10.8. The molecule has 1 nitrogen and oxygen atoms in total. The summed E-state index contributed by atoms with van der Waals surface area (Å²) < 4.78 is 0. The fourth-order valence-electron chi connectivity index (χ4n) is 8.89. The summed E-state index contributed by atoms with van der Waals surface area (Å²) in [6.45, 7) is 6.10. The molecule has 2 aliphatic carbocycles. The Balaban J connectivity index is 0.00000161. The molecule has 0 aliphatic heterocycles. The van der Waals surface area contributed by atoms with Gasteiger partial charge in [0.25, 0.3) is 0 Å². The lowest BCUT2D eigenvalue weighted by Crippen LogP contribution is -1.93. The zero-order valence-electron chi connectivity index (χ0n) is 29.0. The summed E-state index contributed by atoms with van der Waals surface area (Å²) in [5.41, 5.74) is 20.2. The average molecular weight is 650 g/mol. The molecule has 0 N–H and O–H groups in total. The van der Waals surface area contributed by atoms with Crippen molar-refractivity contribution in [3.63, 3.8) is 0 Å². The van der Waals surface area contributed by atoms with Gasteiger partial charge in [-0.15, -0.1) is 0 Å². The van der Waals surface area contributed by atoms with Gasteiger partial charge in [-0.05, 0) is 125 Å². The van der Waals surface area contributed by atoms with E-state index in [2.05, 4.69) is 165 Å². The van der Waals surface area contributed by atoms with Crippen molar-refractivity contribution in [2.75, 3.05) is 0 Å². The van der Waals surface area contributed by atoms with Crippen LogP contribution in [0.1, 0.15) is 19.5 Å². The maximum Gasteiger partial charge on any atom is 0.0717 e. The van der Waals surface area contributed by atoms with Crippen LogP contribution in [-0.4, -0.2) is 4.98 Å². The number of fused-ring (bicyclic) bond motifs is 7. The smallest absolute Gasteiger partial charge is 0.0717 e. The first-order valence-electron chi connectivity index (χ1n) is 18.1. The number of aryl methyl sites for hydroxylation is 1. The van der Waals surface area contributed by atoms with E-state index < -0.39 is 0 Å². The molecule has 0 spiro atoms. The van der Waals surface area contributed by atoms with E-state index in [1.165, 1.54) is 105 Å². The van der Waals surface area contributed by atoms with Gasteiger partial charge in [0, 0.05) is 11.1 Å². The number of benzene rings is 8. The molecule has 0 radical (unpaired) electrons. The maximum atomic E-state index is 4.87. The standard InChI is InChI=1S/C48H29N.C2H6/c1-28-26-41-40-27-31(22-23-33(40)35-19-11-21-42(49-28)46(35)41)32-24-25-39-45-34(32)18-10-20-38(45)47-43(29-12-4-2-5-13-29)36-16-8-9-17-37(36)44(48(39)47)30-14-6-3-7-15-30;1-2/h2-27H,1H3;1-2H3. The van der Waals surface area contributed by atoms with Crippen molar-refractivity contribution in [2.45, 2.75) is 20.8 Å². The van der Waals surface area contributed by atoms with Crippen LogP contribution in [0.15, 0.2) is 158 Å². The summed E-state index contributed by atoms with van der Waals surface area (Å²) in [6.07, 6.45) is 0. The third kappa shape index (κ3) is 4.19. The van der Waals surface area contributed by atoms with E-state index in [0.717, 1.165) is 11.2 Å². The van der Waals surface area contributed by atoms with Gasteiger partial charge in [0.05, 0.1) is 5.52 Å². The minimum Gasteiger partial charge on any atom is -0.253 e. The second-order valence-corrected chi connectivity index (χ2v) is 13.4. The monoisotopic (exact) mass is 649 g/mol. The van der Waals surface area contributed by atoms with Gasteiger partial charge in [0.1, 0.15) is 0 Å². The van der Waals surface area contributed by atoms with E-state index in [1.54, 1.807) is 0 Å². The average Bonchev–Trinajstić information content (AvgIpc) is 3.69. The van der Waals surface area contributed by atoms with Gasteiger partial charge in [0.15, 0.2) is 0 Å². The van der Waals surface area contributed by atoms with Crippen molar-refractivity contribution in [1.29, 1.82) is 0 Å². The van der Waals surface area contributed by atoms with E-state index in [4.69, 9.17) is 4.98 Å². The molecule has 51 heavy (non-hydrogen) atoms. The molecule has 9 aromatic rings. The fraction of sp³-hybridized carbons (Fsp3) is 0.0600. The van der Waals surface area contributed by atoms with Crippen molar-refractivity contribution in [1.82, 2.24) is 4.98 Å². The van der Waals surface area contributed by atoms with Gasteiger partial charge < -0.3 is 0 Å². The molecule has 0 amide bonds. The lowest BCUT2D eigenvalue weighted by Gasteiger charge is -2.20. The molecule has 11 rings (SSSR count). The number of nitrogens with zero attached hydrogens (tertiary/aromatic N) is 1. The first kappa shape index (κ1) is 29.6. The molecule has 1 heteroatoms. The minimum atomic E-state index is 1.05. The predicted octanol–water partition coefficient (Wildman–Crippen LogP) is 14.2. The van der Waals surface area contributed by atoms with Gasteiger partial charge >= 0.3 is 0 Å². The van der Waals surface area contributed by atoms with Gasteiger partial charge in [-0.1, -0.05) is 153 Å². The number of rotatable bonds is 3. The van der Waals surface area contributed by atoms with Gasteiger partial charge in [-0.2, -0.15) is 0 Å². The Bertz CT molecular complexity index is 2770. The second kappa shape index (κ2) is 11.4. The summed E-state index contributed by atoms with van der Waals surface area (Å²) in [5.74, 6) is 0. The van der Waals surface area contributed by atoms with Crippen molar-refractivity contribution in [2.24, 2.45) is 0 Å². The Morgan fingerprint density at radius 1 is 0.333 bits per heavy atom. The molecule has 0 saturated carbocycles. The van der Waals surface area contributed by atoms with E-state index >= 15 is 0 Å². The number of aromatic nitrogens is 1. The van der Waals surface area contributed by atoms with E-state index in [0.29, 0.717) is 0 Å². The number of hydrogen-bond acceptors (Lipinski definition) is 1. The topological polar surface area (TPSA) is 12.9 Å². The van der Waals surface area contributed by atoms with Crippen LogP contribution in [0.25, 0.3) is 110 Å². The van der Waals surface area contributed by atoms with Crippen molar-refractivity contribution in [3.05, 3.63) is 163 Å². The molecule has 240 valence electrons. The van der Waals surface area contributed by atoms with Crippen LogP contribution < -0.4 is 0 Å². The van der Waals surface area contributed by atoms with Gasteiger partial charge in [0.2, 0.25) is 0 Å². The molecular weight excluding hydrogens is 615 g/mol. The highest BCUT2D eigenvalue weighted by atomic mass is 14.7. The molecule has 2 aliphatic rings. The van der Waals surface area contributed by atoms with Crippen LogP contribution >= 0.6 is 0 Å². The summed E-state index contributed by atoms with van der Waals surface area (Å²) in [7, 11) is 0. The van der Waals surface area contributed by atoms with Crippen LogP contribution in [-0.2, 0) is 0 Å². The fourth-order valence-corrected chi connectivity index (χ4v) is 8.89. The lowest BCUT2D eigenvalue weighted by molar-refractivity contribution is 1.26. The molecule has 0 bridgehead atoms. The van der Waals surface area contributed by atoms with Crippen molar-refractivity contribution in [3.8, 4) is 77.9 Å². The lowest BCUT2D eigenvalue weighted by atomic mass is 9.82. The quantitative estimate of drug-likeness (QED) is 0.186. The Morgan fingerprint density at radius 2 is 0.882 bits per heavy atom. The minimum absolute atomic E-state index is 1.05. The zero-order chi connectivity index (χ0) is 34.2. The number of hydrogen-bond donors (Lipinski definition) is 0. The first-order chi connectivity index (χ1) is 25.2. The van der Waals surface area contributed by atoms with Crippen molar-refractivity contribution >= 4 is 32.4 Å². The molecule has 8 aromatic carbocycles. The molecule has 1 aromatic heterocycles. The summed E-state index contributed by atoms with van der Waals surface area (Å²) in [6, 6.07) is 58.4. The normalized spacial score (nSPS) is 11.8. The predicted molar refractivity (Wildman–Crippen MR) is 218 cm³/mol. The summed E-state index contributed by atoms with van der Waals surface area (Å²) in [5, 5.41) is 6.47. The Morgan fingerprint density at radius 3 is 1.57 bits per heavy atom. The third-order valence-corrected chi connectivity index (χ3v) is 10.8. The van der Waals surface area contributed by atoms with Crippen molar-refractivity contribution < 1.29 is 0 Å². The van der Waals surface area contributed by atoms with Crippen LogP contribution in [0.3, 0.4) is 0 Å². The van der Waals surface area contributed by atoms with Crippen LogP contribution in [0.4, 0.5) is 0 Å². The van der Waals surface area contributed by atoms with Crippen LogP contribution in [0, 0.1) is 6.92 Å². The number of pyridine rings is 1. The van der Waals surface area contributed by atoms with Crippen LogP contribution in [0.2, 0.25) is 0 Å². The SMILES string of the molecule is CC.Cc1cc2c3c(cccc3n1)-c1ccc(-c3ccc4c5c(cccc35)-c3c-4c(-c4ccccc4)c4ccccc4c3-c3ccccc3)cc1-2. The van der Waals surface area contributed by atoms with E-state index in [1.807, 2.05) is 13.8 Å². The highest BCUT2D eigenvalue weighted by molar-refractivity contribution is 6.29. The van der Waals surface area contributed by atoms with E-state index in [-0.39, 0.29) is 0 Å². The summed E-state index contributed by atoms with van der Waals surface area (Å²) >= 11 is 0. The van der Waals surface area contributed by atoms with Crippen LogP contribution in [0.5, 0.6) is 0 Å². The molecule has 0 saturated heterocycles. The Labute approximate surface area is 298 Å². The maximum absolute atomic E-state index is 4.87. The highest BCUT2D eigenvalue weighted by Crippen LogP contribution is 2.58. The molecule has 0 fully saturated rings. The molecule has 0 atom stereocenters. The zero-order valence-corrected chi connectivity index (χ0v) is 29.0. The Hall–Kier alpha value is -6.31. The summed E-state index contributed by atoms with van der Waals surface area (Å²) in [4.78, 5) is 4.87. The Kier molecular flexibility index (Phi) is 6.60. The van der Waals surface area contributed by atoms with Gasteiger partial charge in [-0.3, -0.25) is 4.98 Å². The van der Waals surface area contributed by atoms with E-state index in [9.17, 15) is 0 Å². The highest BCUT2D eigenvalue weighted by Gasteiger charge is 2.31. The molecular formula is C50H35N. The second-order valence-electron chi connectivity index (χ2n) is 13.4. The first-order valence-corrected chi connectivity index (χ1v) is 18.1. The largest absolute Gasteiger partial charge is 0.253 e. The molecule has 1 heterocycles. The molecule has 0 unspecified atom stereocenters. The van der Waals surface area contributed by atoms with Gasteiger partial charge in [-0.25, -0.2) is 0 Å².